The Labute approximate surface area is 127 Å². The van der Waals surface area contributed by atoms with Gasteiger partial charge in [0.05, 0.1) is 11.3 Å². The van der Waals surface area contributed by atoms with E-state index in [9.17, 15) is 0 Å². The van der Waals surface area contributed by atoms with Crippen LogP contribution in [0.15, 0.2) is 5.16 Å². The number of hydrogen-bond donors (Lipinski definition) is 2. The molecule has 0 aliphatic carbocycles. The standard InChI is InChI=1S/C15H27N5O/c1-7-11-12(8-2)17-18-15(13(11)14(16)19-21)20(6)10(5)9(3)4/h9-10,21H,7-8H2,1-6H3,(H2,16,19). The maximum Gasteiger partial charge on any atom is 0.174 e. The third-order valence-corrected chi connectivity index (χ3v) is 4.10. The maximum atomic E-state index is 9.12. The predicted molar refractivity (Wildman–Crippen MR) is 86.0 cm³/mol. The van der Waals surface area contributed by atoms with Gasteiger partial charge in [0.2, 0.25) is 0 Å². The molecule has 0 saturated carbocycles. The Morgan fingerprint density at radius 2 is 1.86 bits per heavy atom. The Balaban J connectivity index is 3.52. The Morgan fingerprint density at radius 1 is 1.24 bits per heavy atom. The fraction of sp³-hybridized carbons (Fsp3) is 0.667. The molecule has 0 aliphatic rings. The van der Waals surface area contributed by atoms with E-state index in [-0.39, 0.29) is 11.9 Å². The molecule has 1 rings (SSSR count). The second kappa shape index (κ2) is 7.24. The fourth-order valence-corrected chi connectivity index (χ4v) is 2.37. The van der Waals surface area contributed by atoms with Crippen molar-refractivity contribution in [2.45, 2.75) is 53.5 Å². The van der Waals surface area contributed by atoms with E-state index in [2.05, 4.69) is 36.1 Å². The molecule has 1 aromatic heterocycles. The average Bonchev–Trinajstić information content (AvgIpc) is 2.50. The molecule has 0 radical (unpaired) electrons. The van der Waals surface area contributed by atoms with Crippen LogP contribution in [0.3, 0.4) is 0 Å². The molecule has 118 valence electrons. The van der Waals surface area contributed by atoms with Gasteiger partial charge in [-0.25, -0.2) is 0 Å². The first-order valence-electron chi connectivity index (χ1n) is 7.48. The molecule has 0 amide bonds. The minimum atomic E-state index is 0.0919. The van der Waals surface area contributed by atoms with Crippen LogP contribution >= 0.6 is 0 Å². The number of oxime groups is 1. The number of anilines is 1. The first-order chi connectivity index (χ1) is 9.88. The highest BCUT2D eigenvalue weighted by atomic mass is 16.4. The molecule has 1 atom stereocenters. The molecule has 6 nitrogen and oxygen atoms in total. The second-order valence-electron chi connectivity index (χ2n) is 5.61. The molecule has 1 heterocycles. The van der Waals surface area contributed by atoms with Gasteiger partial charge in [-0.15, -0.1) is 5.10 Å². The van der Waals surface area contributed by atoms with Gasteiger partial charge >= 0.3 is 0 Å². The van der Waals surface area contributed by atoms with Gasteiger partial charge in [0.1, 0.15) is 0 Å². The third kappa shape index (κ3) is 3.43. The normalized spacial score (nSPS) is 13.6. The zero-order valence-corrected chi connectivity index (χ0v) is 13.9. The lowest BCUT2D eigenvalue weighted by molar-refractivity contribution is 0.318. The third-order valence-electron chi connectivity index (χ3n) is 4.10. The van der Waals surface area contributed by atoms with Crippen molar-refractivity contribution in [2.24, 2.45) is 16.8 Å². The van der Waals surface area contributed by atoms with E-state index in [1.165, 1.54) is 0 Å². The van der Waals surface area contributed by atoms with Gasteiger partial charge in [-0.3, -0.25) is 0 Å². The number of aromatic nitrogens is 2. The Kier molecular flexibility index (Phi) is 5.93. The van der Waals surface area contributed by atoms with Crippen LogP contribution in [0, 0.1) is 5.92 Å². The van der Waals surface area contributed by atoms with Crippen LogP contribution in [0.5, 0.6) is 0 Å². The van der Waals surface area contributed by atoms with Crippen molar-refractivity contribution in [1.29, 1.82) is 0 Å². The van der Waals surface area contributed by atoms with Gasteiger partial charge in [0.25, 0.3) is 0 Å². The Hall–Kier alpha value is -1.85. The van der Waals surface area contributed by atoms with E-state index in [1.807, 2.05) is 25.8 Å². The zero-order chi connectivity index (χ0) is 16.2. The first kappa shape index (κ1) is 17.2. The molecule has 0 fully saturated rings. The quantitative estimate of drug-likeness (QED) is 0.363. The molecule has 1 unspecified atom stereocenters. The first-order valence-corrected chi connectivity index (χ1v) is 7.48. The molecule has 1 aromatic rings. The number of hydrogen-bond acceptors (Lipinski definition) is 5. The van der Waals surface area contributed by atoms with Gasteiger partial charge in [0, 0.05) is 13.1 Å². The van der Waals surface area contributed by atoms with Crippen molar-refractivity contribution in [3.63, 3.8) is 0 Å². The SMILES string of the molecule is CCc1nnc(N(C)C(C)C(C)C)c(C(N)=NO)c1CC. The van der Waals surface area contributed by atoms with Gasteiger partial charge in [-0.2, -0.15) is 5.10 Å². The van der Waals surface area contributed by atoms with Crippen LogP contribution in [0.4, 0.5) is 5.82 Å². The summed E-state index contributed by atoms with van der Waals surface area (Å²) in [4.78, 5) is 2.05. The molecule has 0 saturated heterocycles. The van der Waals surface area contributed by atoms with Crippen molar-refractivity contribution < 1.29 is 5.21 Å². The highest BCUT2D eigenvalue weighted by Crippen LogP contribution is 2.26. The molecule has 0 bridgehead atoms. The minimum absolute atomic E-state index is 0.0919. The lowest BCUT2D eigenvalue weighted by Crippen LogP contribution is -2.36. The molecule has 21 heavy (non-hydrogen) atoms. The zero-order valence-electron chi connectivity index (χ0n) is 13.9. The molecule has 0 aliphatic heterocycles. The number of amidine groups is 1. The van der Waals surface area contributed by atoms with Gasteiger partial charge in [-0.05, 0) is 31.2 Å². The van der Waals surface area contributed by atoms with Gasteiger partial charge in [-0.1, -0.05) is 32.9 Å². The van der Waals surface area contributed by atoms with Crippen molar-refractivity contribution in [3.8, 4) is 0 Å². The summed E-state index contributed by atoms with van der Waals surface area (Å²) in [5.41, 5.74) is 8.51. The highest BCUT2D eigenvalue weighted by molar-refractivity contribution is 6.03. The van der Waals surface area contributed by atoms with E-state index in [4.69, 9.17) is 10.9 Å². The largest absolute Gasteiger partial charge is 0.409 e. The summed E-state index contributed by atoms with van der Waals surface area (Å²) in [5.74, 6) is 1.21. The van der Waals surface area contributed by atoms with E-state index in [1.54, 1.807) is 0 Å². The van der Waals surface area contributed by atoms with Gasteiger partial charge in [0.15, 0.2) is 11.7 Å². The molecule has 0 spiro atoms. The second-order valence-corrected chi connectivity index (χ2v) is 5.61. The summed E-state index contributed by atoms with van der Waals surface area (Å²) < 4.78 is 0. The van der Waals surface area contributed by atoms with E-state index >= 15 is 0 Å². The highest BCUT2D eigenvalue weighted by Gasteiger charge is 2.24. The van der Waals surface area contributed by atoms with E-state index in [0.29, 0.717) is 17.3 Å². The smallest absolute Gasteiger partial charge is 0.174 e. The molecular weight excluding hydrogens is 266 g/mol. The topological polar surface area (TPSA) is 87.6 Å². The lowest BCUT2D eigenvalue weighted by atomic mass is 10.00. The predicted octanol–water partition coefficient (Wildman–Crippen LogP) is 2.18. The van der Waals surface area contributed by atoms with Crippen molar-refractivity contribution in [2.75, 3.05) is 11.9 Å². The average molecular weight is 293 g/mol. The van der Waals surface area contributed by atoms with Gasteiger partial charge < -0.3 is 15.8 Å². The van der Waals surface area contributed by atoms with E-state index < -0.39 is 0 Å². The Morgan fingerprint density at radius 3 is 2.29 bits per heavy atom. The minimum Gasteiger partial charge on any atom is -0.409 e. The van der Waals surface area contributed by atoms with Crippen LogP contribution in [0.25, 0.3) is 0 Å². The summed E-state index contributed by atoms with van der Waals surface area (Å²) in [6.07, 6.45) is 1.53. The molecular formula is C15H27N5O. The van der Waals surface area contributed by atoms with Crippen LogP contribution in [-0.2, 0) is 12.8 Å². The number of nitrogens with two attached hydrogens (primary N) is 1. The van der Waals surface area contributed by atoms with Crippen molar-refractivity contribution in [1.82, 2.24) is 10.2 Å². The lowest BCUT2D eigenvalue weighted by Gasteiger charge is -2.30. The summed E-state index contributed by atoms with van der Waals surface area (Å²) in [6, 6.07) is 0.265. The molecule has 0 aromatic carbocycles. The summed E-state index contributed by atoms with van der Waals surface area (Å²) in [6.45, 7) is 10.5. The monoisotopic (exact) mass is 293 g/mol. The number of rotatable bonds is 6. The summed E-state index contributed by atoms with van der Waals surface area (Å²) in [7, 11) is 1.97. The molecule has 3 N–H and O–H groups in total. The van der Waals surface area contributed by atoms with Crippen LogP contribution in [0.1, 0.15) is 51.4 Å². The van der Waals surface area contributed by atoms with Crippen LogP contribution < -0.4 is 10.6 Å². The van der Waals surface area contributed by atoms with Crippen LogP contribution in [0.2, 0.25) is 0 Å². The van der Waals surface area contributed by atoms with E-state index in [0.717, 1.165) is 24.1 Å². The Bertz CT molecular complexity index is 513. The maximum absolute atomic E-state index is 9.12. The van der Waals surface area contributed by atoms with Crippen molar-refractivity contribution in [3.05, 3.63) is 16.8 Å². The number of aryl methyl sites for hydroxylation is 1. The molecule has 6 heteroatoms. The van der Waals surface area contributed by atoms with Crippen molar-refractivity contribution >= 4 is 11.7 Å². The number of nitrogens with zero attached hydrogens (tertiary/aromatic N) is 4. The summed E-state index contributed by atoms with van der Waals surface area (Å²) >= 11 is 0. The fourth-order valence-electron chi connectivity index (χ4n) is 2.37. The summed E-state index contributed by atoms with van der Waals surface area (Å²) in [5, 5.41) is 21.0. The van der Waals surface area contributed by atoms with Crippen LogP contribution in [-0.4, -0.2) is 34.3 Å².